The quantitative estimate of drug-likeness (QED) is 0.357. The minimum atomic E-state index is 0.308. The molecule has 0 spiro atoms. The third kappa shape index (κ3) is 4.06. The summed E-state index contributed by atoms with van der Waals surface area (Å²) in [4.78, 5) is 13.1. The summed E-state index contributed by atoms with van der Waals surface area (Å²) in [5.41, 5.74) is 7.47. The summed E-state index contributed by atoms with van der Waals surface area (Å²) in [7, 11) is 0. The Labute approximate surface area is 188 Å². The van der Waals surface area contributed by atoms with E-state index in [1.165, 1.54) is 11.1 Å². The molecule has 3 heterocycles. The number of nitrogens with one attached hydrogen (secondary N) is 1. The van der Waals surface area contributed by atoms with E-state index in [0.717, 1.165) is 52.2 Å². The van der Waals surface area contributed by atoms with E-state index in [1.807, 2.05) is 23.1 Å². The van der Waals surface area contributed by atoms with Crippen molar-refractivity contribution in [1.29, 1.82) is 0 Å². The zero-order chi connectivity index (χ0) is 22.1. The van der Waals surface area contributed by atoms with Crippen LogP contribution < -0.4 is 0 Å². The molecule has 160 valence electrons. The minimum absolute atomic E-state index is 0.308. The van der Waals surface area contributed by atoms with Gasteiger partial charge in [-0.2, -0.15) is 5.10 Å². The van der Waals surface area contributed by atoms with Crippen molar-refractivity contribution in [3.8, 4) is 22.6 Å². The second-order valence-corrected chi connectivity index (χ2v) is 8.58. The molecule has 0 saturated heterocycles. The number of hydrogen-bond acceptors (Lipinski definition) is 3. The first kappa shape index (κ1) is 20.2. The summed E-state index contributed by atoms with van der Waals surface area (Å²) >= 11 is 0. The molecular weight excluding hydrogens is 394 g/mol. The molecule has 0 unspecified atom stereocenters. The van der Waals surface area contributed by atoms with E-state index in [2.05, 4.69) is 85.3 Å². The molecule has 5 heteroatoms. The van der Waals surface area contributed by atoms with Crippen LogP contribution in [0.2, 0.25) is 0 Å². The lowest BCUT2D eigenvalue weighted by Gasteiger charge is -2.05. The highest BCUT2D eigenvalue weighted by Gasteiger charge is 2.17. The van der Waals surface area contributed by atoms with Crippen molar-refractivity contribution in [3.63, 3.8) is 0 Å². The van der Waals surface area contributed by atoms with Crippen molar-refractivity contribution in [2.24, 2.45) is 0 Å². The molecule has 0 saturated carbocycles. The Morgan fingerprint density at radius 2 is 1.88 bits per heavy atom. The summed E-state index contributed by atoms with van der Waals surface area (Å²) in [5.74, 6) is 0.974. The fourth-order valence-electron chi connectivity index (χ4n) is 4.05. The number of fused-ring (bicyclic) bond motifs is 1. The molecule has 0 atom stereocenters. The van der Waals surface area contributed by atoms with E-state index in [-0.39, 0.29) is 0 Å². The van der Waals surface area contributed by atoms with E-state index in [1.54, 1.807) is 0 Å². The number of hydrogen-bond donors (Lipinski definition) is 1. The zero-order valence-electron chi connectivity index (χ0n) is 18.7. The minimum Gasteiger partial charge on any atom is -0.340 e. The Hall–Kier alpha value is -3.73. The fraction of sp³-hybridized carbons (Fsp3) is 0.222. The van der Waals surface area contributed by atoms with Crippen LogP contribution in [0.1, 0.15) is 36.8 Å². The average Bonchev–Trinajstić information content (AvgIpc) is 3.45. The molecule has 5 aromatic rings. The Bertz CT molecular complexity index is 1380. The van der Waals surface area contributed by atoms with Crippen molar-refractivity contribution in [2.75, 3.05) is 0 Å². The maximum Gasteiger partial charge on any atom is 0.111 e. The lowest BCUT2D eigenvalue weighted by molar-refractivity contribution is 0.534. The van der Waals surface area contributed by atoms with E-state index < -0.39 is 0 Å². The van der Waals surface area contributed by atoms with Gasteiger partial charge < -0.3 is 4.98 Å². The Morgan fingerprint density at radius 3 is 2.69 bits per heavy atom. The molecule has 0 fully saturated rings. The highest BCUT2D eigenvalue weighted by atomic mass is 15.3. The second-order valence-electron chi connectivity index (χ2n) is 8.58. The number of aromatic amines is 1. The van der Waals surface area contributed by atoms with E-state index in [4.69, 9.17) is 10.1 Å². The van der Waals surface area contributed by atoms with Gasteiger partial charge in [-0.05, 0) is 57.0 Å². The number of rotatable bonds is 6. The van der Waals surface area contributed by atoms with Crippen LogP contribution in [0.15, 0.2) is 73.1 Å². The fourth-order valence-corrected chi connectivity index (χ4v) is 4.05. The van der Waals surface area contributed by atoms with Gasteiger partial charge in [0.2, 0.25) is 0 Å². The maximum absolute atomic E-state index is 5.03. The lowest BCUT2D eigenvalue weighted by atomic mass is 10.1. The largest absolute Gasteiger partial charge is 0.340 e. The van der Waals surface area contributed by atoms with Crippen LogP contribution in [-0.2, 0) is 12.8 Å². The topological polar surface area (TPSA) is 59.4 Å². The van der Waals surface area contributed by atoms with Crippen molar-refractivity contribution >= 4 is 10.9 Å². The van der Waals surface area contributed by atoms with Gasteiger partial charge in [-0.15, -0.1) is 0 Å². The number of aryl methyl sites for hydroxylation is 3. The molecule has 5 rings (SSSR count). The first-order valence-corrected chi connectivity index (χ1v) is 11.1. The summed E-state index contributed by atoms with van der Waals surface area (Å²) in [6, 6.07) is 21.4. The van der Waals surface area contributed by atoms with Gasteiger partial charge in [-0.1, -0.05) is 42.0 Å². The van der Waals surface area contributed by atoms with Crippen LogP contribution in [0.3, 0.4) is 0 Å². The van der Waals surface area contributed by atoms with Crippen molar-refractivity contribution in [3.05, 3.63) is 90.0 Å². The molecule has 0 amide bonds. The molecule has 0 bridgehead atoms. The summed E-state index contributed by atoms with van der Waals surface area (Å²) < 4.78 is 1.98. The molecule has 32 heavy (non-hydrogen) atoms. The molecule has 3 aromatic heterocycles. The number of pyridine rings is 1. The van der Waals surface area contributed by atoms with Crippen LogP contribution in [0.5, 0.6) is 0 Å². The highest BCUT2D eigenvalue weighted by Crippen LogP contribution is 2.31. The van der Waals surface area contributed by atoms with Gasteiger partial charge >= 0.3 is 0 Å². The van der Waals surface area contributed by atoms with Crippen molar-refractivity contribution in [1.82, 2.24) is 24.7 Å². The van der Waals surface area contributed by atoms with E-state index >= 15 is 0 Å². The third-order valence-corrected chi connectivity index (χ3v) is 5.76. The van der Waals surface area contributed by atoms with Gasteiger partial charge in [0.15, 0.2) is 0 Å². The van der Waals surface area contributed by atoms with Crippen LogP contribution in [0, 0.1) is 6.92 Å². The molecule has 0 aliphatic heterocycles. The summed E-state index contributed by atoms with van der Waals surface area (Å²) in [6.07, 6.45) is 5.64. The second kappa shape index (κ2) is 8.42. The molecule has 1 N–H and O–H groups in total. The maximum atomic E-state index is 5.03. The van der Waals surface area contributed by atoms with E-state index in [0.29, 0.717) is 6.04 Å². The molecule has 0 radical (unpaired) electrons. The zero-order valence-corrected chi connectivity index (χ0v) is 18.7. The summed E-state index contributed by atoms with van der Waals surface area (Å²) in [5, 5.41) is 5.91. The Kier molecular flexibility index (Phi) is 5.31. The van der Waals surface area contributed by atoms with Gasteiger partial charge in [0, 0.05) is 35.8 Å². The predicted molar refractivity (Wildman–Crippen MR) is 130 cm³/mol. The molecule has 0 aliphatic rings. The first-order chi connectivity index (χ1) is 15.6. The standard InChI is InChI=1S/C27H27N5/c1-18(2)32-15-13-24(31-32)27-26(22-10-11-23-21(17-22)8-5-14-28-23)29-25(30-27)12-9-20-7-4-6-19(3)16-20/h4-8,10-11,13-18H,9,12H2,1-3H3,(H,29,30). The van der Waals surface area contributed by atoms with Crippen molar-refractivity contribution in [2.45, 2.75) is 39.7 Å². The normalized spacial score (nSPS) is 11.5. The van der Waals surface area contributed by atoms with Crippen LogP contribution in [-0.4, -0.2) is 24.7 Å². The van der Waals surface area contributed by atoms with Gasteiger partial charge in [-0.25, -0.2) is 4.98 Å². The monoisotopic (exact) mass is 421 g/mol. The molecule has 5 nitrogen and oxygen atoms in total. The number of benzene rings is 2. The highest BCUT2D eigenvalue weighted by molar-refractivity contribution is 5.86. The molecule has 0 aliphatic carbocycles. The Morgan fingerprint density at radius 1 is 0.969 bits per heavy atom. The smallest absolute Gasteiger partial charge is 0.111 e. The molecular formula is C27H27N5. The third-order valence-electron chi connectivity index (χ3n) is 5.76. The van der Waals surface area contributed by atoms with Crippen molar-refractivity contribution < 1.29 is 0 Å². The molecule has 2 aromatic carbocycles. The SMILES string of the molecule is Cc1cccc(CCc2nc(-c3ccc4ncccc4c3)c(-c3ccn(C(C)C)n3)[nH]2)c1. The number of imidazole rings is 1. The number of H-pyrrole nitrogens is 1. The number of aromatic nitrogens is 5. The van der Waals surface area contributed by atoms with Crippen LogP contribution >= 0.6 is 0 Å². The lowest BCUT2D eigenvalue weighted by Crippen LogP contribution is -2.01. The van der Waals surface area contributed by atoms with Gasteiger partial charge in [0.1, 0.15) is 11.5 Å². The number of nitrogens with zero attached hydrogens (tertiary/aromatic N) is 4. The van der Waals surface area contributed by atoms with Gasteiger partial charge in [0.05, 0.1) is 16.9 Å². The average molecular weight is 422 g/mol. The van der Waals surface area contributed by atoms with E-state index in [9.17, 15) is 0 Å². The van der Waals surface area contributed by atoms with Crippen LogP contribution in [0.4, 0.5) is 0 Å². The Balaban J connectivity index is 1.54. The first-order valence-electron chi connectivity index (χ1n) is 11.1. The van der Waals surface area contributed by atoms with Gasteiger partial charge in [-0.3, -0.25) is 9.67 Å². The summed E-state index contributed by atoms with van der Waals surface area (Å²) in [6.45, 7) is 6.40. The predicted octanol–water partition coefficient (Wildman–Crippen LogP) is 6.16. The van der Waals surface area contributed by atoms with Gasteiger partial charge in [0.25, 0.3) is 0 Å². The van der Waals surface area contributed by atoms with Crippen LogP contribution in [0.25, 0.3) is 33.5 Å².